The van der Waals surface area contributed by atoms with E-state index in [0.29, 0.717) is 18.7 Å². The van der Waals surface area contributed by atoms with Gasteiger partial charge in [0.05, 0.1) is 5.41 Å². The molecule has 0 radical (unpaired) electrons. The van der Waals surface area contributed by atoms with Gasteiger partial charge in [-0.05, 0) is 39.3 Å². The highest BCUT2D eigenvalue weighted by molar-refractivity contribution is 5.92. The Balaban J connectivity index is 2.53. The number of aliphatic carboxylic acids is 1. The van der Waals surface area contributed by atoms with E-state index in [1.807, 2.05) is 20.0 Å². The summed E-state index contributed by atoms with van der Waals surface area (Å²) >= 11 is 0. The normalized spacial score (nSPS) is 11.3. The molecule has 18 heavy (non-hydrogen) atoms. The molecular formula is C13H20N2O3. The van der Waals surface area contributed by atoms with Gasteiger partial charge >= 0.3 is 5.97 Å². The van der Waals surface area contributed by atoms with Crippen LogP contribution in [0.25, 0.3) is 0 Å². The molecule has 0 bridgehead atoms. The van der Waals surface area contributed by atoms with Crippen LogP contribution in [0.2, 0.25) is 0 Å². The highest BCUT2D eigenvalue weighted by Crippen LogP contribution is 2.19. The van der Waals surface area contributed by atoms with E-state index in [1.165, 1.54) is 0 Å². The lowest BCUT2D eigenvalue weighted by Gasteiger charge is -2.18. The first-order valence-corrected chi connectivity index (χ1v) is 5.89. The van der Waals surface area contributed by atoms with E-state index in [9.17, 15) is 9.59 Å². The van der Waals surface area contributed by atoms with Gasteiger partial charge < -0.3 is 15.0 Å². The van der Waals surface area contributed by atoms with Crippen LogP contribution in [0.15, 0.2) is 12.1 Å². The second-order valence-electron chi connectivity index (χ2n) is 5.11. The molecule has 0 fully saturated rings. The van der Waals surface area contributed by atoms with E-state index in [2.05, 4.69) is 5.32 Å². The summed E-state index contributed by atoms with van der Waals surface area (Å²) in [6.07, 6.45) is 0.400. The molecule has 0 aliphatic carbocycles. The zero-order chi connectivity index (χ0) is 13.9. The first kappa shape index (κ1) is 14.3. The molecule has 0 unspecified atom stereocenters. The summed E-state index contributed by atoms with van der Waals surface area (Å²) in [6, 6.07) is 3.63. The van der Waals surface area contributed by atoms with Crippen LogP contribution in [0.3, 0.4) is 0 Å². The van der Waals surface area contributed by atoms with Gasteiger partial charge in [-0.1, -0.05) is 0 Å². The molecule has 0 atom stereocenters. The Labute approximate surface area is 107 Å². The number of carbonyl (C=O) groups is 2. The maximum Gasteiger partial charge on any atom is 0.309 e. The standard InChI is InChI=1S/C13H20N2O3/c1-9-5-6-10(15(9)4)11(16)14-8-7-13(2,3)12(17)18/h5-6H,7-8H2,1-4H3,(H,14,16)(H,17,18). The van der Waals surface area contributed by atoms with Crippen LogP contribution in [0, 0.1) is 12.3 Å². The number of nitrogens with zero attached hydrogens (tertiary/aromatic N) is 1. The number of aryl methyl sites for hydroxylation is 1. The summed E-state index contributed by atoms with van der Waals surface area (Å²) in [5, 5.41) is 11.7. The maximum absolute atomic E-state index is 11.9. The average molecular weight is 252 g/mol. The summed E-state index contributed by atoms with van der Waals surface area (Å²) in [5.41, 5.74) is 0.767. The molecular weight excluding hydrogens is 232 g/mol. The van der Waals surface area contributed by atoms with Crippen LogP contribution < -0.4 is 5.32 Å². The van der Waals surface area contributed by atoms with Gasteiger partial charge in [-0.25, -0.2) is 0 Å². The van der Waals surface area contributed by atoms with Crippen LogP contribution in [0.5, 0.6) is 0 Å². The summed E-state index contributed by atoms with van der Waals surface area (Å²) in [4.78, 5) is 22.8. The highest BCUT2D eigenvalue weighted by atomic mass is 16.4. The molecule has 0 aliphatic heterocycles. The lowest BCUT2D eigenvalue weighted by atomic mass is 9.90. The van der Waals surface area contributed by atoms with Gasteiger partial charge in [0.15, 0.2) is 0 Å². The topological polar surface area (TPSA) is 71.3 Å². The Morgan fingerprint density at radius 2 is 2.00 bits per heavy atom. The lowest BCUT2D eigenvalue weighted by Crippen LogP contribution is -2.32. The van der Waals surface area contributed by atoms with E-state index in [-0.39, 0.29) is 5.91 Å². The summed E-state index contributed by atoms with van der Waals surface area (Å²) in [5.74, 6) is -1.03. The van der Waals surface area contributed by atoms with Crippen molar-refractivity contribution in [2.75, 3.05) is 6.54 Å². The van der Waals surface area contributed by atoms with Crippen LogP contribution in [-0.2, 0) is 11.8 Å². The SMILES string of the molecule is Cc1ccc(C(=O)NCCC(C)(C)C(=O)O)n1C. The van der Waals surface area contributed by atoms with Crippen molar-refractivity contribution in [1.29, 1.82) is 0 Å². The highest BCUT2D eigenvalue weighted by Gasteiger charge is 2.26. The average Bonchev–Trinajstić information content (AvgIpc) is 2.59. The van der Waals surface area contributed by atoms with Gasteiger partial charge in [-0.15, -0.1) is 0 Å². The van der Waals surface area contributed by atoms with E-state index >= 15 is 0 Å². The van der Waals surface area contributed by atoms with Gasteiger partial charge in [-0.2, -0.15) is 0 Å². The number of rotatable bonds is 5. The first-order valence-electron chi connectivity index (χ1n) is 5.89. The van der Waals surface area contributed by atoms with Gasteiger partial charge in [0.25, 0.3) is 5.91 Å². The molecule has 1 heterocycles. The fourth-order valence-electron chi connectivity index (χ4n) is 1.53. The number of hydrogen-bond acceptors (Lipinski definition) is 2. The quantitative estimate of drug-likeness (QED) is 0.835. The van der Waals surface area contributed by atoms with Crippen LogP contribution in [0.1, 0.15) is 36.5 Å². The molecule has 0 saturated carbocycles. The van der Waals surface area contributed by atoms with E-state index in [4.69, 9.17) is 5.11 Å². The molecule has 0 aliphatic rings. The van der Waals surface area contributed by atoms with Crippen molar-refractivity contribution in [3.8, 4) is 0 Å². The number of carboxylic acid groups (broad SMARTS) is 1. The van der Waals surface area contributed by atoms with Gasteiger partial charge in [0, 0.05) is 19.3 Å². The molecule has 2 N–H and O–H groups in total. The monoisotopic (exact) mass is 252 g/mol. The minimum absolute atomic E-state index is 0.174. The predicted octanol–water partition coefficient (Wildman–Crippen LogP) is 1.56. The fraction of sp³-hybridized carbons (Fsp3) is 0.538. The Kier molecular flexibility index (Phi) is 4.16. The van der Waals surface area contributed by atoms with Crippen LogP contribution in [-0.4, -0.2) is 28.1 Å². The molecule has 0 saturated heterocycles. The third-order valence-electron chi connectivity index (χ3n) is 3.22. The van der Waals surface area contributed by atoms with Crippen molar-refractivity contribution in [2.24, 2.45) is 12.5 Å². The fourth-order valence-corrected chi connectivity index (χ4v) is 1.53. The Hall–Kier alpha value is -1.78. The Morgan fingerprint density at radius 3 is 2.44 bits per heavy atom. The van der Waals surface area contributed by atoms with Crippen molar-refractivity contribution in [2.45, 2.75) is 27.2 Å². The third kappa shape index (κ3) is 3.12. The molecule has 0 aromatic carbocycles. The zero-order valence-corrected chi connectivity index (χ0v) is 11.3. The van der Waals surface area contributed by atoms with Gasteiger partial charge in [0.2, 0.25) is 0 Å². The Morgan fingerprint density at radius 1 is 1.39 bits per heavy atom. The molecule has 1 amide bonds. The minimum atomic E-state index is -0.855. The molecule has 5 nitrogen and oxygen atoms in total. The summed E-state index contributed by atoms with van der Waals surface area (Å²) < 4.78 is 1.80. The molecule has 1 rings (SSSR count). The third-order valence-corrected chi connectivity index (χ3v) is 3.22. The number of aromatic nitrogens is 1. The molecule has 5 heteroatoms. The number of carbonyl (C=O) groups excluding carboxylic acids is 1. The van der Waals surface area contributed by atoms with Crippen molar-refractivity contribution < 1.29 is 14.7 Å². The molecule has 1 aromatic rings. The second-order valence-corrected chi connectivity index (χ2v) is 5.11. The maximum atomic E-state index is 11.9. The smallest absolute Gasteiger partial charge is 0.309 e. The second kappa shape index (κ2) is 5.25. The number of hydrogen-bond donors (Lipinski definition) is 2. The Bertz CT molecular complexity index is 461. The van der Waals surface area contributed by atoms with Crippen LogP contribution in [0.4, 0.5) is 0 Å². The first-order chi connectivity index (χ1) is 8.25. The summed E-state index contributed by atoms with van der Waals surface area (Å²) in [7, 11) is 1.82. The van der Waals surface area contributed by atoms with Crippen molar-refractivity contribution in [3.63, 3.8) is 0 Å². The van der Waals surface area contributed by atoms with E-state index in [0.717, 1.165) is 5.69 Å². The van der Waals surface area contributed by atoms with E-state index < -0.39 is 11.4 Å². The molecule has 100 valence electrons. The zero-order valence-electron chi connectivity index (χ0n) is 11.3. The van der Waals surface area contributed by atoms with E-state index in [1.54, 1.807) is 24.5 Å². The van der Waals surface area contributed by atoms with Crippen LogP contribution >= 0.6 is 0 Å². The van der Waals surface area contributed by atoms with Gasteiger partial charge in [-0.3, -0.25) is 9.59 Å². The number of nitrogens with one attached hydrogen (secondary N) is 1. The summed E-state index contributed by atoms with van der Waals surface area (Å²) in [6.45, 7) is 5.56. The minimum Gasteiger partial charge on any atom is -0.481 e. The van der Waals surface area contributed by atoms with Crippen molar-refractivity contribution in [3.05, 3.63) is 23.5 Å². The van der Waals surface area contributed by atoms with Crippen molar-refractivity contribution >= 4 is 11.9 Å². The largest absolute Gasteiger partial charge is 0.481 e. The van der Waals surface area contributed by atoms with Crippen molar-refractivity contribution in [1.82, 2.24) is 9.88 Å². The lowest BCUT2D eigenvalue weighted by molar-refractivity contribution is -0.147. The van der Waals surface area contributed by atoms with Gasteiger partial charge in [0.1, 0.15) is 5.69 Å². The molecule has 0 spiro atoms. The number of carboxylic acids is 1. The number of amides is 1. The predicted molar refractivity (Wildman–Crippen MR) is 68.5 cm³/mol. The molecule has 1 aromatic heterocycles.